The quantitative estimate of drug-likeness (QED) is 0.823. The molecular weight excluding hydrogens is 234 g/mol. The Labute approximate surface area is 99.2 Å². The number of halogens is 1. The second-order valence-electron chi connectivity index (χ2n) is 2.90. The lowest BCUT2D eigenvalue weighted by atomic mass is 10.3. The SMILES string of the molecule is CCNC(CSCC)c1sccc1Cl. The molecule has 0 saturated heterocycles. The Kier molecular flexibility index (Phi) is 5.94. The van der Waals surface area contributed by atoms with Crippen LogP contribution in [0.25, 0.3) is 0 Å². The maximum atomic E-state index is 6.11. The van der Waals surface area contributed by atoms with E-state index in [1.54, 1.807) is 11.3 Å². The van der Waals surface area contributed by atoms with E-state index >= 15 is 0 Å². The summed E-state index contributed by atoms with van der Waals surface area (Å²) in [5, 5.41) is 6.42. The van der Waals surface area contributed by atoms with Crippen LogP contribution in [0, 0.1) is 0 Å². The molecule has 0 amide bonds. The highest BCUT2D eigenvalue weighted by atomic mass is 35.5. The van der Waals surface area contributed by atoms with Gasteiger partial charge in [-0.05, 0) is 23.7 Å². The van der Waals surface area contributed by atoms with E-state index < -0.39 is 0 Å². The number of thiophene rings is 1. The van der Waals surface area contributed by atoms with Gasteiger partial charge < -0.3 is 5.32 Å². The van der Waals surface area contributed by atoms with Gasteiger partial charge >= 0.3 is 0 Å². The van der Waals surface area contributed by atoms with Crippen LogP contribution in [0.4, 0.5) is 0 Å². The predicted octanol–water partition coefficient (Wildman–Crippen LogP) is 3.81. The second kappa shape index (κ2) is 6.72. The van der Waals surface area contributed by atoms with Crippen molar-refractivity contribution in [2.75, 3.05) is 18.1 Å². The first-order chi connectivity index (χ1) is 6.79. The summed E-state index contributed by atoms with van der Waals surface area (Å²) in [7, 11) is 0. The van der Waals surface area contributed by atoms with Gasteiger partial charge in [0.1, 0.15) is 0 Å². The van der Waals surface area contributed by atoms with Gasteiger partial charge in [0.2, 0.25) is 0 Å². The van der Waals surface area contributed by atoms with Gasteiger partial charge in [-0.25, -0.2) is 0 Å². The predicted molar refractivity (Wildman–Crippen MR) is 68.7 cm³/mol. The van der Waals surface area contributed by atoms with Crippen LogP contribution >= 0.6 is 34.7 Å². The summed E-state index contributed by atoms with van der Waals surface area (Å²) >= 11 is 9.80. The molecule has 80 valence electrons. The van der Waals surface area contributed by atoms with Crippen molar-refractivity contribution < 1.29 is 0 Å². The summed E-state index contributed by atoms with van der Waals surface area (Å²) in [6.45, 7) is 5.30. The lowest BCUT2D eigenvalue weighted by Gasteiger charge is -2.16. The van der Waals surface area contributed by atoms with E-state index in [1.807, 2.05) is 17.8 Å². The number of rotatable bonds is 6. The van der Waals surface area contributed by atoms with Gasteiger partial charge in [-0.3, -0.25) is 0 Å². The van der Waals surface area contributed by atoms with Crippen LogP contribution in [-0.2, 0) is 0 Å². The average Bonchev–Trinajstić information content (AvgIpc) is 2.59. The van der Waals surface area contributed by atoms with E-state index in [0.29, 0.717) is 6.04 Å². The van der Waals surface area contributed by atoms with Gasteiger partial charge in [-0.2, -0.15) is 11.8 Å². The maximum absolute atomic E-state index is 6.11. The Morgan fingerprint density at radius 2 is 2.36 bits per heavy atom. The zero-order chi connectivity index (χ0) is 10.4. The summed E-state index contributed by atoms with van der Waals surface area (Å²) in [5.74, 6) is 2.26. The molecule has 14 heavy (non-hydrogen) atoms. The third-order valence-corrected chi connectivity index (χ3v) is 4.35. The van der Waals surface area contributed by atoms with Crippen LogP contribution in [0.5, 0.6) is 0 Å². The molecule has 0 radical (unpaired) electrons. The van der Waals surface area contributed by atoms with Gasteiger partial charge in [0, 0.05) is 10.6 Å². The molecule has 1 aromatic rings. The van der Waals surface area contributed by atoms with Crippen molar-refractivity contribution in [2.45, 2.75) is 19.9 Å². The molecule has 0 aliphatic carbocycles. The Bertz CT molecular complexity index is 262. The summed E-state index contributed by atoms with van der Waals surface area (Å²) in [6.07, 6.45) is 0. The molecule has 0 spiro atoms. The van der Waals surface area contributed by atoms with Crippen LogP contribution in [0.2, 0.25) is 5.02 Å². The van der Waals surface area contributed by atoms with Crippen molar-refractivity contribution in [3.8, 4) is 0 Å². The first kappa shape index (κ1) is 12.4. The highest BCUT2D eigenvalue weighted by Gasteiger charge is 2.14. The van der Waals surface area contributed by atoms with E-state index in [2.05, 4.69) is 24.5 Å². The minimum atomic E-state index is 0.414. The van der Waals surface area contributed by atoms with Crippen LogP contribution in [0.1, 0.15) is 24.8 Å². The molecule has 1 aromatic heterocycles. The number of thioether (sulfide) groups is 1. The summed E-state index contributed by atoms with van der Waals surface area (Å²) in [4.78, 5) is 1.27. The number of nitrogens with one attached hydrogen (secondary N) is 1. The third-order valence-electron chi connectivity index (χ3n) is 1.90. The van der Waals surface area contributed by atoms with E-state index in [0.717, 1.165) is 23.1 Å². The molecule has 1 rings (SSSR count). The number of hydrogen-bond donors (Lipinski definition) is 1. The highest BCUT2D eigenvalue weighted by Crippen LogP contribution is 2.30. The molecule has 4 heteroatoms. The summed E-state index contributed by atoms with van der Waals surface area (Å²) < 4.78 is 0. The summed E-state index contributed by atoms with van der Waals surface area (Å²) in [6, 6.07) is 2.39. The Morgan fingerprint density at radius 3 is 2.86 bits per heavy atom. The van der Waals surface area contributed by atoms with Crippen LogP contribution in [0.15, 0.2) is 11.4 Å². The molecular formula is C10H16ClNS2. The van der Waals surface area contributed by atoms with Crippen molar-refractivity contribution in [3.05, 3.63) is 21.3 Å². The zero-order valence-corrected chi connectivity index (χ0v) is 10.9. The van der Waals surface area contributed by atoms with Crippen molar-refractivity contribution >= 4 is 34.7 Å². The number of hydrogen-bond acceptors (Lipinski definition) is 3. The molecule has 0 aliphatic rings. The lowest BCUT2D eigenvalue weighted by Crippen LogP contribution is -2.22. The van der Waals surface area contributed by atoms with Gasteiger partial charge in [-0.1, -0.05) is 25.4 Å². The standard InChI is InChI=1S/C10H16ClNS2/c1-3-12-9(7-13-4-2)10-8(11)5-6-14-10/h5-6,9,12H,3-4,7H2,1-2H3. The maximum Gasteiger partial charge on any atom is 0.0561 e. The highest BCUT2D eigenvalue weighted by molar-refractivity contribution is 7.99. The molecule has 0 saturated carbocycles. The minimum Gasteiger partial charge on any atom is -0.309 e. The first-order valence-electron chi connectivity index (χ1n) is 4.83. The first-order valence-corrected chi connectivity index (χ1v) is 7.24. The van der Waals surface area contributed by atoms with E-state index in [4.69, 9.17) is 11.6 Å². The Hall–Kier alpha value is 0.300. The van der Waals surface area contributed by atoms with E-state index in [9.17, 15) is 0 Å². The average molecular weight is 250 g/mol. The fourth-order valence-electron chi connectivity index (χ4n) is 1.26. The van der Waals surface area contributed by atoms with Gasteiger partial charge in [-0.15, -0.1) is 11.3 Å². The van der Waals surface area contributed by atoms with Crippen LogP contribution in [0.3, 0.4) is 0 Å². The van der Waals surface area contributed by atoms with E-state index in [1.165, 1.54) is 4.88 Å². The smallest absolute Gasteiger partial charge is 0.0561 e. The normalized spacial score (nSPS) is 13.1. The molecule has 1 atom stereocenters. The summed E-state index contributed by atoms with van der Waals surface area (Å²) in [5.41, 5.74) is 0. The molecule has 0 bridgehead atoms. The van der Waals surface area contributed by atoms with Crippen molar-refractivity contribution in [3.63, 3.8) is 0 Å². The molecule has 0 fully saturated rings. The molecule has 1 nitrogen and oxygen atoms in total. The van der Waals surface area contributed by atoms with Crippen LogP contribution < -0.4 is 5.32 Å². The molecule has 1 N–H and O–H groups in total. The molecule has 1 unspecified atom stereocenters. The lowest BCUT2D eigenvalue weighted by molar-refractivity contribution is 0.615. The van der Waals surface area contributed by atoms with Gasteiger partial charge in [0.25, 0.3) is 0 Å². The van der Waals surface area contributed by atoms with Crippen LogP contribution in [-0.4, -0.2) is 18.1 Å². The van der Waals surface area contributed by atoms with Crippen molar-refractivity contribution in [1.29, 1.82) is 0 Å². The molecule has 0 aliphatic heterocycles. The minimum absolute atomic E-state index is 0.414. The molecule has 0 aromatic carbocycles. The zero-order valence-electron chi connectivity index (χ0n) is 8.55. The fourth-order valence-corrected chi connectivity index (χ4v) is 3.39. The van der Waals surface area contributed by atoms with Crippen molar-refractivity contribution in [1.82, 2.24) is 5.32 Å². The second-order valence-corrected chi connectivity index (χ2v) is 5.58. The monoisotopic (exact) mass is 249 g/mol. The Morgan fingerprint density at radius 1 is 1.57 bits per heavy atom. The third kappa shape index (κ3) is 3.46. The van der Waals surface area contributed by atoms with Gasteiger partial charge in [0.15, 0.2) is 0 Å². The fraction of sp³-hybridized carbons (Fsp3) is 0.600. The largest absolute Gasteiger partial charge is 0.309 e. The van der Waals surface area contributed by atoms with E-state index in [-0.39, 0.29) is 0 Å². The topological polar surface area (TPSA) is 12.0 Å². The Balaban J connectivity index is 2.62. The van der Waals surface area contributed by atoms with Crippen molar-refractivity contribution in [2.24, 2.45) is 0 Å². The molecule has 1 heterocycles. The van der Waals surface area contributed by atoms with Gasteiger partial charge in [0.05, 0.1) is 11.1 Å².